The molecule has 2 heterocycles. The zero-order valence-corrected chi connectivity index (χ0v) is 14.5. The van der Waals surface area contributed by atoms with Crippen molar-refractivity contribution in [3.8, 4) is 0 Å². The molecule has 2 fully saturated rings. The lowest BCUT2D eigenvalue weighted by Gasteiger charge is -2.49. The number of piperidine rings is 1. The summed E-state index contributed by atoms with van der Waals surface area (Å²) in [5.74, 6) is -1.43. The van der Waals surface area contributed by atoms with E-state index in [2.05, 4.69) is 0 Å². The number of likely N-dealkylation sites (N-methyl/N-ethyl adjacent to an activating group) is 1. The van der Waals surface area contributed by atoms with E-state index in [1.54, 1.807) is 11.8 Å². The molecule has 23 heavy (non-hydrogen) atoms. The van der Waals surface area contributed by atoms with Crippen LogP contribution in [0.25, 0.3) is 0 Å². The second-order valence-corrected chi connectivity index (χ2v) is 7.17. The standard InChI is InChI=1S/C16H26N2O5/c1-6-22-14(20)13-11-9-18(15(21)23-16(2,3)4)8-10(17(11)5)7-12(13)19/h10-11,13H,6-9H2,1-5H3/t10-,11+,13-/m1/s1. The van der Waals surface area contributed by atoms with Gasteiger partial charge in [-0.05, 0) is 34.7 Å². The molecule has 2 bridgehead atoms. The lowest BCUT2D eigenvalue weighted by Crippen LogP contribution is -2.67. The zero-order chi connectivity index (χ0) is 17.4. The predicted molar refractivity (Wildman–Crippen MR) is 82.9 cm³/mol. The Morgan fingerprint density at radius 3 is 2.48 bits per heavy atom. The summed E-state index contributed by atoms with van der Waals surface area (Å²) >= 11 is 0. The van der Waals surface area contributed by atoms with Crippen molar-refractivity contribution in [2.75, 3.05) is 26.7 Å². The molecule has 0 spiro atoms. The lowest BCUT2D eigenvalue weighted by molar-refractivity contribution is -0.161. The summed E-state index contributed by atoms with van der Waals surface area (Å²) in [6, 6.07) is -0.444. The van der Waals surface area contributed by atoms with E-state index < -0.39 is 23.6 Å². The number of fused-ring (bicyclic) bond motifs is 2. The number of ether oxygens (including phenoxy) is 2. The Balaban J connectivity index is 2.16. The van der Waals surface area contributed by atoms with E-state index in [1.165, 1.54) is 0 Å². The first kappa shape index (κ1) is 17.7. The first-order valence-corrected chi connectivity index (χ1v) is 8.03. The molecular formula is C16H26N2O5. The minimum atomic E-state index is -0.832. The van der Waals surface area contributed by atoms with Gasteiger partial charge in [0.15, 0.2) is 0 Å². The number of Topliss-reactive ketones (excluding diaryl/α,β-unsaturated/α-hetero) is 1. The van der Waals surface area contributed by atoms with Gasteiger partial charge in [-0.1, -0.05) is 0 Å². The first-order chi connectivity index (χ1) is 10.6. The van der Waals surface area contributed by atoms with Gasteiger partial charge >= 0.3 is 12.1 Å². The van der Waals surface area contributed by atoms with Gasteiger partial charge in [0.05, 0.1) is 6.61 Å². The molecule has 0 saturated carbocycles. The highest BCUT2D eigenvalue weighted by molar-refractivity contribution is 6.01. The van der Waals surface area contributed by atoms with E-state index in [4.69, 9.17) is 9.47 Å². The monoisotopic (exact) mass is 326 g/mol. The fourth-order valence-electron chi connectivity index (χ4n) is 3.20. The number of carbonyl (C=O) groups is 3. The molecule has 0 radical (unpaired) electrons. The highest BCUT2D eigenvalue weighted by Gasteiger charge is 2.50. The van der Waals surface area contributed by atoms with Gasteiger partial charge in [0, 0.05) is 31.6 Å². The fourth-order valence-corrected chi connectivity index (χ4v) is 3.20. The van der Waals surface area contributed by atoms with Gasteiger partial charge in [-0.15, -0.1) is 0 Å². The number of rotatable bonds is 2. The van der Waals surface area contributed by atoms with Gasteiger partial charge in [0.1, 0.15) is 17.3 Å². The van der Waals surface area contributed by atoms with E-state index in [-0.39, 0.29) is 37.4 Å². The van der Waals surface area contributed by atoms with E-state index in [0.717, 1.165) is 0 Å². The average Bonchev–Trinajstić information content (AvgIpc) is 2.38. The molecule has 7 heteroatoms. The molecule has 2 aliphatic rings. The molecule has 2 saturated heterocycles. The smallest absolute Gasteiger partial charge is 0.410 e. The Kier molecular flexibility index (Phi) is 4.98. The maximum atomic E-state index is 12.3. The van der Waals surface area contributed by atoms with Gasteiger partial charge in [0.2, 0.25) is 0 Å². The van der Waals surface area contributed by atoms with Gasteiger partial charge in [0.25, 0.3) is 0 Å². The van der Waals surface area contributed by atoms with Crippen LogP contribution in [0.3, 0.4) is 0 Å². The molecule has 7 nitrogen and oxygen atoms in total. The van der Waals surface area contributed by atoms with Crippen LogP contribution in [0.5, 0.6) is 0 Å². The van der Waals surface area contributed by atoms with Crippen LogP contribution >= 0.6 is 0 Å². The Hall–Kier alpha value is -1.63. The van der Waals surface area contributed by atoms with Gasteiger partial charge in [-0.25, -0.2) is 4.79 Å². The summed E-state index contributed by atoms with van der Waals surface area (Å²) < 4.78 is 10.5. The second-order valence-electron chi connectivity index (χ2n) is 7.17. The molecular weight excluding hydrogens is 300 g/mol. The number of amides is 1. The van der Waals surface area contributed by atoms with E-state index in [1.807, 2.05) is 32.7 Å². The Bertz CT molecular complexity index is 491. The molecule has 0 unspecified atom stereocenters. The number of nitrogens with zero attached hydrogens (tertiary/aromatic N) is 2. The first-order valence-electron chi connectivity index (χ1n) is 8.03. The maximum absolute atomic E-state index is 12.3. The average molecular weight is 326 g/mol. The maximum Gasteiger partial charge on any atom is 0.410 e. The van der Waals surface area contributed by atoms with E-state index in [0.29, 0.717) is 6.54 Å². The molecule has 2 rings (SSSR count). The van der Waals surface area contributed by atoms with Crippen molar-refractivity contribution in [1.82, 2.24) is 9.80 Å². The number of likely N-dealkylation sites (tertiary alicyclic amines) is 1. The molecule has 0 N–H and O–H groups in total. The molecule has 0 aromatic carbocycles. The van der Waals surface area contributed by atoms with Crippen molar-refractivity contribution in [3.63, 3.8) is 0 Å². The number of esters is 1. The predicted octanol–water partition coefficient (Wildman–Crippen LogP) is 1.06. The Morgan fingerprint density at radius 2 is 1.91 bits per heavy atom. The van der Waals surface area contributed by atoms with Crippen molar-refractivity contribution in [2.24, 2.45) is 5.92 Å². The van der Waals surface area contributed by atoms with Crippen molar-refractivity contribution < 1.29 is 23.9 Å². The third-order valence-electron chi connectivity index (χ3n) is 4.30. The minimum Gasteiger partial charge on any atom is -0.465 e. The summed E-state index contributed by atoms with van der Waals surface area (Å²) in [5, 5.41) is 0. The van der Waals surface area contributed by atoms with Crippen LogP contribution in [0.2, 0.25) is 0 Å². The zero-order valence-electron chi connectivity index (χ0n) is 14.5. The molecule has 0 aromatic heterocycles. The fraction of sp³-hybridized carbons (Fsp3) is 0.812. The van der Waals surface area contributed by atoms with Gasteiger partial charge in [-0.2, -0.15) is 0 Å². The molecule has 1 amide bonds. The summed E-state index contributed by atoms with van der Waals surface area (Å²) in [5.41, 5.74) is -0.577. The number of ketones is 1. The van der Waals surface area contributed by atoms with Crippen molar-refractivity contribution in [1.29, 1.82) is 0 Å². The molecule has 3 atom stereocenters. The quantitative estimate of drug-likeness (QED) is 0.558. The Labute approximate surface area is 136 Å². The van der Waals surface area contributed by atoms with E-state index >= 15 is 0 Å². The number of hydrogen-bond donors (Lipinski definition) is 0. The minimum absolute atomic E-state index is 0.0838. The van der Waals surface area contributed by atoms with Crippen LogP contribution < -0.4 is 0 Å². The SMILES string of the molecule is CCOC(=O)[C@H]1C(=O)C[C@@H]2CN(C(=O)OC(C)(C)C)C[C@@H]1N2C. The number of piperazine rings is 1. The largest absolute Gasteiger partial charge is 0.465 e. The van der Waals surface area contributed by atoms with Crippen LogP contribution in [0.1, 0.15) is 34.1 Å². The Morgan fingerprint density at radius 1 is 1.26 bits per heavy atom. The third kappa shape index (κ3) is 3.83. The molecule has 0 aromatic rings. The van der Waals surface area contributed by atoms with Crippen LogP contribution in [-0.4, -0.2) is 72.1 Å². The second kappa shape index (κ2) is 6.47. The summed E-state index contributed by atoms with van der Waals surface area (Å²) in [7, 11) is 1.89. The normalized spacial score (nSPS) is 28.5. The van der Waals surface area contributed by atoms with Crippen LogP contribution in [0.15, 0.2) is 0 Å². The summed E-state index contributed by atoms with van der Waals surface area (Å²) in [4.78, 5) is 40.4. The topological polar surface area (TPSA) is 76.2 Å². The highest BCUT2D eigenvalue weighted by Crippen LogP contribution is 2.31. The number of carbonyl (C=O) groups excluding carboxylic acids is 3. The van der Waals surface area contributed by atoms with Gasteiger partial charge < -0.3 is 14.4 Å². The highest BCUT2D eigenvalue weighted by atomic mass is 16.6. The molecule has 130 valence electrons. The van der Waals surface area contributed by atoms with Crippen molar-refractivity contribution in [3.05, 3.63) is 0 Å². The van der Waals surface area contributed by atoms with Crippen LogP contribution in [-0.2, 0) is 19.1 Å². The lowest BCUT2D eigenvalue weighted by atomic mass is 9.81. The van der Waals surface area contributed by atoms with Gasteiger partial charge in [-0.3, -0.25) is 14.5 Å². The molecule has 2 aliphatic heterocycles. The molecule has 0 aliphatic carbocycles. The summed E-state index contributed by atoms with van der Waals surface area (Å²) in [6.45, 7) is 8.11. The van der Waals surface area contributed by atoms with Crippen LogP contribution in [0.4, 0.5) is 4.79 Å². The van der Waals surface area contributed by atoms with Crippen LogP contribution in [0, 0.1) is 5.92 Å². The third-order valence-corrected chi connectivity index (χ3v) is 4.30. The summed E-state index contributed by atoms with van der Waals surface area (Å²) in [6.07, 6.45) is -0.159. The van der Waals surface area contributed by atoms with Crippen molar-refractivity contribution >= 4 is 17.8 Å². The van der Waals surface area contributed by atoms with Crippen molar-refractivity contribution in [2.45, 2.75) is 51.8 Å². The van der Waals surface area contributed by atoms with E-state index in [9.17, 15) is 14.4 Å². The number of hydrogen-bond acceptors (Lipinski definition) is 6.